The van der Waals surface area contributed by atoms with E-state index in [1.165, 1.54) is 4.88 Å². The second kappa shape index (κ2) is 7.59. The number of H-pyrrole nitrogens is 2. The molecule has 31 heavy (non-hydrogen) atoms. The number of hydrogen-bond acceptors (Lipinski definition) is 6. The summed E-state index contributed by atoms with van der Waals surface area (Å²) in [7, 11) is 0. The highest BCUT2D eigenvalue weighted by Crippen LogP contribution is 2.47. The Bertz CT molecular complexity index is 1240. The van der Waals surface area contributed by atoms with Gasteiger partial charge in [-0.05, 0) is 35.6 Å². The number of carbonyl (C=O) groups excluding carboxylic acids is 1. The number of rotatable bonds is 5. The Morgan fingerprint density at radius 2 is 1.94 bits per heavy atom. The minimum atomic E-state index is -1.06. The molecule has 5 rings (SSSR count). The molecule has 1 aliphatic heterocycles. The third kappa shape index (κ3) is 3.46. The van der Waals surface area contributed by atoms with E-state index in [2.05, 4.69) is 15.5 Å². The fourth-order valence-corrected chi connectivity index (χ4v) is 5.21. The van der Waals surface area contributed by atoms with E-state index in [-0.39, 0.29) is 17.3 Å². The van der Waals surface area contributed by atoms with Crippen molar-refractivity contribution in [2.24, 2.45) is 0 Å². The number of ether oxygens (including phenoxy) is 1. The Morgan fingerprint density at radius 3 is 2.65 bits per heavy atom. The summed E-state index contributed by atoms with van der Waals surface area (Å²) in [5.41, 5.74) is 2.41. The fraction of sp³-hybridized carbons (Fsp3) is 0.227. The van der Waals surface area contributed by atoms with E-state index in [0.717, 1.165) is 11.3 Å². The van der Waals surface area contributed by atoms with Crippen molar-refractivity contribution in [3.05, 3.63) is 79.4 Å². The molecule has 158 valence electrons. The Kier molecular flexibility index (Phi) is 4.74. The quantitative estimate of drug-likeness (QED) is 0.486. The van der Waals surface area contributed by atoms with Gasteiger partial charge in [0.25, 0.3) is 5.56 Å². The summed E-state index contributed by atoms with van der Waals surface area (Å²) in [5.74, 6) is -0.460. The number of hydrogen-bond donors (Lipinski definition) is 4. The summed E-state index contributed by atoms with van der Waals surface area (Å²) in [6.07, 6.45) is 1.08. The highest BCUT2D eigenvalue weighted by atomic mass is 32.1. The van der Waals surface area contributed by atoms with Gasteiger partial charge in [-0.25, -0.2) is 4.79 Å². The fourth-order valence-electron chi connectivity index (χ4n) is 4.38. The number of carbonyl (C=O) groups is 2. The van der Waals surface area contributed by atoms with Crippen molar-refractivity contribution in [3.63, 3.8) is 0 Å². The van der Waals surface area contributed by atoms with Gasteiger partial charge in [0.15, 0.2) is 12.4 Å². The molecule has 3 aromatic rings. The Balaban J connectivity index is 1.54. The second-order valence-electron chi connectivity index (χ2n) is 7.61. The van der Waals surface area contributed by atoms with Crippen molar-refractivity contribution < 1.29 is 19.4 Å². The predicted octanol–water partition coefficient (Wildman–Crippen LogP) is 3.19. The summed E-state index contributed by atoms with van der Waals surface area (Å²) in [5, 5.41) is 19.6. The number of aliphatic carboxylic acids is 1. The molecule has 0 amide bonds. The SMILES string of the molecule is O=C(O)COc1ccc([C@@H]2C3=C(C[C@@H](c4cccs4)CC3=O)Nc3[nH][nH]c(=O)c32)cc1. The van der Waals surface area contributed by atoms with Gasteiger partial charge in [0.2, 0.25) is 0 Å². The first-order valence-electron chi connectivity index (χ1n) is 9.83. The molecule has 0 bridgehead atoms. The molecule has 2 aromatic heterocycles. The lowest BCUT2D eigenvalue weighted by Gasteiger charge is -2.34. The number of allylic oxidation sites excluding steroid dienone is 2. The summed E-state index contributed by atoms with van der Waals surface area (Å²) in [6.45, 7) is -0.438. The van der Waals surface area contributed by atoms with Crippen molar-refractivity contribution in [3.8, 4) is 5.75 Å². The van der Waals surface area contributed by atoms with Crippen LogP contribution in [0.1, 0.15) is 40.7 Å². The van der Waals surface area contributed by atoms with Gasteiger partial charge in [-0.15, -0.1) is 11.3 Å². The van der Waals surface area contributed by atoms with Crippen LogP contribution < -0.4 is 15.6 Å². The zero-order chi connectivity index (χ0) is 21.5. The van der Waals surface area contributed by atoms with Crippen LogP contribution in [0.4, 0.5) is 5.82 Å². The van der Waals surface area contributed by atoms with Crippen molar-refractivity contribution in [1.82, 2.24) is 10.2 Å². The monoisotopic (exact) mass is 437 g/mol. The molecule has 1 aliphatic carbocycles. The number of carboxylic acids is 1. The molecule has 3 heterocycles. The highest BCUT2D eigenvalue weighted by Gasteiger charge is 2.40. The number of thiophene rings is 1. The molecular weight excluding hydrogens is 418 g/mol. The van der Waals surface area contributed by atoms with Gasteiger partial charge in [0.05, 0.1) is 5.56 Å². The number of aromatic nitrogens is 2. The topological polar surface area (TPSA) is 124 Å². The van der Waals surface area contributed by atoms with Crippen LogP contribution in [0.5, 0.6) is 5.75 Å². The van der Waals surface area contributed by atoms with Gasteiger partial charge in [0, 0.05) is 34.4 Å². The lowest BCUT2D eigenvalue weighted by Crippen LogP contribution is -2.31. The van der Waals surface area contributed by atoms with Crippen molar-refractivity contribution in [2.45, 2.75) is 24.7 Å². The van der Waals surface area contributed by atoms with Crippen molar-refractivity contribution in [1.29, 1.82) is 0 Å². The Hall–Kier alpha value is -3.59. The van der Waals surface area contributed by atoms with E-state index in [0.29, 0.717) is 35.5 Å². The smallest absolute Gasteiger partial charge is 0.341 e. The molecule has 8 nitrogen and oxygen atoms in total. The van der Waals surface area contributed by atoms with Gasteiger partial charge in [-0.3, -0.25) is 19.8 Å². The first-order valence-corrected chi connectivity index (χ1v) is 10.7. The van der Waals surface area contributed by atoms with Crippen molar-refractivity contribution in [2.75, 3.05) is 11.9 Å². The molecule has 4 N–H and O–H groups in total. The zero-order valence-corrected chi connectivity index (χ0v) is 17.1. The van der Waals surface area contributed by atoms with E-state index in [1.54, 1.807) is 35.6 Å². The van der Waals surface area contributed by atoms with E-state index < -0.39 is 18.5 Å². The van der Waals surface area contributed by atoms with Gasteiger partial charge < -0.3 is 15.2 Å². The van der Waals surface area contributed by atoms with Crippen LogP contribution in [0.25, 0.3) is 0 Å². The molecule has 0 radical (unpaired) electrons. The minimum absolute atomic E-state index is 0.0228. The molecule has 1 aromatic carbocycles. The number of aromatic amines is 2. The Morgan fingerprint density at radius 1 is 1.13 bits per heavy atom. The van der Waals surface area contributed by atoms with E-state index in [4.69, 9.17) is 9.84 Å². The average Bonchev–Trinajstić information content (AvgIpc) is 3.42. The van der Waals surface area contributed by atoms with Crippen LogP contribution in [0, 0.1) is 0 Å². The predicted molar refractivity (Wildman–Crippen MR) is 115 cm³/mol. The van der Waals surface area contributed by atoms with E-state index >= 15 is 0 Å². The van der Waals surface area contributed by atoms with Crippen LogP contribution >= 0.6 is 11.3 Å². The summed E-state index contributed by atoms with van der Waals surface area (Å²) in [6, 6.07) is 10.9. The number of carboxylic acid groups (broad SMARTS) is 1. The zero-order valence-electron chi connectivity index (χ0n) is 16.3. The van der Waals surface area contributed by atoms with Gasteiger partial charge in [-0.1, -0.05) is 18.2 Å². The highest BCUT2D eigenvalue weighted by molar-refractivity contribution is 7.10. The molecule has 0 saturated heterocycles. The third-order valence-corrected chi connectivity index (χ3v) is 6.73. The lowest BCUT2D eigenvalue weighted by molar-refractivity contribution is -0.139. The summed E-state index contributed by atoms with van der Waals surface area (Å²) < 4.78 is 5.21. The molecule has 2 aliphatic rings. The first-order chi connectivity index (χ1) is 15.0. The number of Topliss-reactive ketones (excluding diaryl/α,β-unsaturated/α-hetero) is 1. The van der Waals surface area contributed by atoms with Gasteiger partial charge in [0.1, 0.15) is 11.6 Å². The van der Waals surface area contributed by atoms with Crippen LogP contribution in [-0.4, -0.2) is 33.7 Å². The minimum Gasteiger partial charge on any atom is -0.482 e. The van der Waals surface area contributed by atoms with Crippen LogP contribution in [-0.2, 0) is 9.59 Å². The number of fused-ring (bicyclic) bond motifs is 1. The van der Waals surface area contributed by atoms with Gasteiger partial charge >= 0.3 is 5.97 Å². The summed E-state index contributed by atoms with van der Waals surface area (Å²) >= 11 is 1.64. The number of benzene rings is 1. The van der Waals surface area contributed by atoms with Crippen LogP contribution in [0.15, 0.2) is 57.8 Å². The van der Waals surface area contributed by atoms with E-state index in [9.17, 15) is 14.4 Å². The maximum Gasteiger partial charge on any atom is 0.341 e. The van der Waals surface area contributed by atoms with Gasteiger partial charge in [-0.2, -0.15) is 0 Å². The largest absolute Gasteiger partial charge is 0.482 e. The molecule has 9 heteroatoms. The Labute approximate surface area is 180 Å². The molecule has 0 spiro atoms. The molecule has 2 atom stereocenters. The maximum atomic E-state index is 13.3. The number of anilines is 1. The lowest BCUT2D eigenvalue weighted by atomic mass is 9.74. The third-order valence-electron chi connectivity index (χ3n) is 5.70. The summed E-state index contributed by atoms with van der Waals surface area (Å²) in [4.78, 5) is 37.8. The standard InChI is InChI=1S/C22H19N3O5S/c26-15-9-12(16-2-1-7-31-16)8-14-19(15)18(20-21(23-14)24-25-22(20)29)11-3-5-13(6-4-11)30-10-17(27)28/h1-7,12,18H,8-10H2,(H,27,28)(H3,23,24,25,29)/t12-,18-/m1/s1. The second-order valence-corrected chi connectivity index (χ2v) is 8.59. The normalized spacial score (nSPS) is 20.1. The molecule has 0 unspecified atom stereocenters. The molecular formula is C22H19N3O5S. The van der Waals surface area contributed by atoms with E-state index in [1.807, 2.05) is 17.5 Å². The van der Waals surface area contributed by atoms with Crippen molar-refractivity contribution >= 4 is 28.9 Å². The van der Waals surface area contributed by atoms with Crippen LogP contribution in [0.2, 0.25) is 0 Å². The first kappa shape index (κ1) is 19.4. The molecule has 0 saturated carbocycles. The number of nitrogens with one attached hydrogen (secondary N) is 3. The number of ketones is 1. The van der Waals surface area contributed by atoms with Crippen LogP contribution in [0.3, 0.4) is 0 Å². The average molecular weight is 437 g/mol. The molecule has 0 fully saturated rings. The maximum absolute atomic E-state index is 13.3.